The van der Waals surface area contributed by atoms with E-state index in [0.29, 0.717) is 5.56 Å². The van der Waals surface area contributed by atoms with E-state index in [1.54, 1.807) is 6.07 Å². The van der Waals surface area contributed by atoms with Gasteiger partial charge < -0.3 is 11.1 Å². The first-order chi connectivity index (χ1) is 8.35. The van der Waals surface area contributed by atoms with Gasteiger partial charge in [0.25, 0.3) is 0 Å². The second-order valence-corrected chi connectivity index (χ2v) is 5.99. The van der Waals surface area contributed by atoms with Gasteiger partial charge in [0.2, 0.25) is 10.0 Å². The van der Waals surface area contributed by atoms with E-state index >= 15 is 0 Å². The highest BCUT2D eigenvalue weighted by Gasteiger charge is 2.08. The minimum absolute atomic E-state index is 0.104. The quantitative estimate of drug-likeness (QED) is 0.662. The summed E-state index contributed by atoms with van der Waals surface area (Å²) in [7, 11) is -1.97. The van der Waals surface area contributed by atoms with Crippen LogP contribution in [0.3, 0.4) is 0 Å². The summed E-state index contributed by atoms with van der Waals surface area (Å²) in [6, 6.07) is 4.24. The summed E-state index contributed by atoms with van der Waals surface area (Å²) in [5.74, 6) is -0.665. The van der Waals surface area contributed by atoms with Gasteiger partial charge in [-0.25, -0.2) is 17.5 Å². The summed E-state index contributed by atoms with van der Waals surface area (Å²) in [4.78, 5) is 0.109. The van der Waals surface area contributed by atoms with Gasteiger partial charge in [-0.2, -0.15) is 0 Å². The Morgan fingerprint density at radius 2 is 2.17 bits per heavy atom. The fraction of sp³-hybridized carbons (Fsp3) is 0.300. The highest BCUT2D eigenvalue weighted by Crippen LogP contribution is 2.15. The molecular weight excluding hydrogens is 277 g/mol. The van der Waals surface area contributed by atoms with Crippen molar-refractivity contribution in [2.45, 2.75) is 0 Å². The predicted molar refractivity (Wildman–Crippen MR) is 73.6 cm³/mol. The number of thiocarbonyl (C=S) groups is 1. The molecule has 0 aliphatic rings. The van der Waals surface area contributed by atoms with Gasteiger partial charge in [-0.05, 0) is 25.2 Å². The van der Waals surface area contributed by atoms with Crippen LogP contribution in [-0.4, -0.2) is 32.8 Å². The standard InChI is InChI=1S/C10H14FN3O2S2/c1-13-18(15,16)5-4-14-9-3-2-7(10(12)17)6-8(9)11/h2-3,6,13-14H,4-5H2,1H3,(H2,12,17). The van der Waals surface area contributed by atoms with E-state index in [0.717, 1.165) is 0 Å². The van der Waals surface area contributed by atoms with Crippen molar-refractivity contribution in [2.75, 3.05) is 24.7 Å². The lowest BCUT2D eigenvalue weighted by molar-refractivity contribution is 0.588. The largest absolute Gasteiger partial charge is 0.389 e. The number of benzene rings is 1. The third-order valence-corrected chi connectivity index (χ3v) is 3.85. The Labute approximate surface area is 111 Å². The van der Waals surface area contributed by atoms with Crippen molar-refractivity contribution < 1.29 is 12.8 Å². The lowest BCUT2D eigenvalue weighted by atomic mass is 10.2. The van der Waals surface area contributed by atoms with Gasteiger partial charge in [-0.15, -0.1) is 0 Å². The topological polar surface area (TPSA) is 84.2 Å². The fourth-order valence-electron chi connectivity index (χ4n) is 1.23. The molecule has 0 unspecified atom stereocenters. The predicted octanol–water partition coefficient (Wildman–Crippen LogP) is 0.421. The third-order valence-electron chi connectivity index (χ3n) is 2.25. The van der Waals surface area contributed by atoms with Gasteiger partial charge in [0, 0.05) is 12.1 Å². The van der Waals surface area contributed by atoms with Gasteiger partial charge in [0.05, 0.1) is 11.4 Å². The molecule has 0 saturated heterocycles. The van der Waals surface area contributed by atoms with Crippen LogP contribution in [0.1, 0.15) is 5.56 Å². The Hall–Kier alpha value is -1.25. The monoisotopic (exact) mass is 291 g/mol. The maximum absolute atomic E-state index is 13.6. The number of hydrogen-bond donors (Lipinski definition) is 3. The molecule has 100 valence electrons. The van der Waals surface area contributed by atoms with Gasteiger partial charge in [-0.1, -0.05) is 12.2 Å². The maximum atomic E-state index is 13.6. The first-order valence-corrected chi connectivity index (χ1v) is 7.16. The maximum Gasteiger partial charge on any atom is 0.213 e. The molecule has 0 fully saturated rings. The molecule has 0 heterocycles. The number of rotatable bonds is 6. The van der Waals surface area contributed by atoms with E-state index in [1.165, 1.54) is 19.2 Å². The van der Waals surface area contributed by atoms with Crippen LogP contribution in [0.5, 0.6) is 0 Å². The molecular formula is C10H14FN3O2S2. The normalized spacial score (nSPS) is 11.2. The van der Waals surface area contributed by atoms with E-state index in [4.69, 9.17) is 18.0 Å². The molecule has 5 nitrogen and oxygen atoms in total. The van der Waals surface area contributed by atoms with E-state index in [-0.39, 0.29) is 23.0 Å². The molecule has 0 aliphatic heterocycles. The highest BCUT2D eigenvalue weighted by atomic mass is 32.2. The Balaban J connectivity index is 2.67. The van der Waals surface area contributed by atoms with Crippen molar-refractivity contribution in [3.8, 4) is 0 Å². The molecule has 0 spiro atoms. The van der Waals surface area contributed by atoms with Crippen molar-refractivity contribution in [1.82, 2.24) is 4.72 Å². The Morgan fingerprint density at radius 1 is 1.50 bits per heavy atom. The summed E-state index contributed by atoms with van der Waals surface area (Å²) in [6.45, 7) is 0.104. The number of halogens is 1. The van der Waals surface area contributed by atoms with Crippen LogP contribution in [-0.2, 0) is 10.0 Å². The average Bonchev–Trinajstić information content (AvgIpc) is 2.31. The Kier molecular flexibility index (Phi) is 5.00. The first kappa shape index (κ1) is 14.8. The van der Waals surface area contributed by atoms with E-state index in [1.807, 2.05) is 0 Å². The van der Waals surface area contributed by atoms with Gasteiger partial charge in [0.1, 0.15) is 10.8 Å². The smallest absolute Gasteiger partial charge is 0.213 e. The van der Waals surface area contributed by atoms with Crippen molar-refractivity contribution >= 4 is 32.9 Å². The molecule has 8 heteroatoms. The summed E-state index contributed by atoms with van der Waals surface area (Å²) < 4.78 is 38.0. The van der Waals surface area contributed by atoms with E-state index < -0.39 is 15.8 Å². The number of hydrogen-bond acceptors (Lipinski definition) is 4. The number of nitrogens with two attached hydrogens (primary N) is 1. The highest BCUT2D eigenvalue weighted by molar-refractivity contribution is 7.89. The zero-order valence-corrected chi connectivity index (χ0v) is 11.4. The van der Waals surface area contributed by atoms with E-state index in [2.05, 4.69) is 10.0 Å². The molecule has 1 rings (SSSR count). The second kappa shape index (κ2) is 6.07. The third kappa shape index (κ3) is 4.21. The molecule has 0 aromatic heterocycles. The van der Waals surface area contributed by atoms with Crippen LogP contribution in [0.2, 0.25) is 0 Å². The lowest BCUT2D eigenvalue weighted by Gasteiger charge is -2.08. The minimum atomic E-state index is -3.30. The minimum Gasteiger partial charge on any atom is -0.389 e. The number of sulfonamides is 1. The fourth-order valence-corrected chi connectivity index (χ4v) is 1.94. The molecule has 0 saturated carbocycles. The van der Waals surface area contributed by atoms with Crippen LogP contribution < -0.4 is 15.8 Å². The number of anilines is 1. The van der Waals surface area contributed by atoms with E-state index in [9.17, 15) is 12.8 Å². The second-order valence-electron chi connectivity index (χ2n) is 3.51. The van der Waals surface area contributed by atoms with Crippen LogP contribution in [0.4, 0.5) is 10.1 Å². The molecule has 18 heavy (non-hydrogen) atoms. The number of nitrogens with one attached hydrogen (secondary N) is 2. The Morgan fingerprint density at radius 3 is 2.67 bits per heavy atom. The van der Waals surface area contributed by atoms with Gasteiger partial charge in [-0.3, -0.25) is 0 Å². The van der Waals surface area contributed by atoms with Crippen LogP contribution in [0, 0.1) is 5.82 Å². The summed E-state index contributed by atoms with van der Waals surface area (Å²) in [6.07, 6.45) is 0. The molecule has 0 aliphatic carbocycles. The molecule has 0 radical (unpaired) electrons. The summed E-state index contributed by atoms with van der Waals surface area (Å²) >= 11 is 4.72. The SMILES string of the molecule is CNS(=O)(=O)CCNc1ccc(C(N)=S)cc1F. The van der Waals surface area contributed by atoms with Gasteiger partial charge in [0.15, 0.2) is 0 Å². The lowest BCUT2D eigenvalue weighted by Crippen LogP contribution is -2.26. The Bertz CT molecular complexity index is 546. The first-order valence-electron chi connectivity index (χ1n) is 5.10. The van der Waals surface area contributed by atoms with Crippen molar-refractivity contribution in [2.24, 2.45) is 5.73 Å². The average molecular weight is 291 g/mol. The molecule has 4 N–H and O–H groups in total. The molecule has 0 bridgehead atoms. The summed E-state index contributed by atoms with van der Waals surface area (Å²) in [5.41, 5.74) is 6.00. The van der Waals surface area contributed by atoms with Crippen molar-refractivity contribution in [3.05, 3.63) is 29.6 Å². The van der Waals surface area contributed by atoms with Crippen molar-refractivity contribution in [1.29, 1.82) is 0 Å². The molecule has 0 atom stereocenters. The van der Waals surface area contributed by atoms with Crippen LogP contribution in [0.25, 0.3) is 0 Å². The molecule has 1 aromatic rings. The van der Waals surface area contributed by atoms with Crippen LogP contribution >= 0.6 is 12.2 Å². The zero-order chi connectivity index (χ0) is 13.8. The summed E-state index contributed by atoms with van der Waals surface area (Å²) in [5, 5.41) is 2.69. The van der Waals surface area contributed by atoms with Crippen LogP contribution in [0.15, 0.2) is 18.2 Å². The van der Waals surface area contributed by atoms with Gasteiger partial charge >= 0.3 is 0 Å². The van der Waals surface area contributed by atoms with Crippen molar-refractivity contribution in [3.63, 3.8) is 0 Å². The zero-order valence-electron chi connectivity index (χ0n) is 9.73. The molecule has 0 amide bonds. The molecule has 1 aromatic carbocycles.